The highest BCUT2D eigenvalue weighted by Crippen LogP contribution is 2.38. The molecule has 0 spiro atoms. The van der Waals surface area contributed by atoms with E-state index in [1.165, 1.54) is 13.8 Å². The molecule has 29 heavy (non-hydrogen) atoms. The number of aromatic amines is 1. The molecule has 0 aliphatic carbocycles. The minimum atomic E-state index is -4.72. The Morgan fingerprint density at radius 3 is 2.55 bits per heavy atom. The SMILES string of the molecule is CC(C)(COP(=O)(O)O)[C@@H](O)C(=O)NCCC(=O)NCCSC(=O)c1ccc[nH]1. The maximum Gasteiger partial charge on any atom is 0.469 e. The monoisotopic (exact) mass is 451 g/mol. The van der Waals surface area contributed by atoms with Crippen LogP contribution in [0.1, 0.15) is 30.8 Å². The largest absolute Gasteiger partial charge is 0.469 e. The van der Waals surface area contributed by atoms with Crippen LogP contribution in [0.3, 0.4) is 0 Å². The van der Waals surface area contributed by atoms with Crippen molar-refractivity contribution in [1.82, 2.24) is 15.6 Å². The smallest absolute Gasteiger partial charge is 0.383 e. The van der Waals surface area contributed by atoms with Crippen LogP contribution in [-0.4, -0.2) is 68.4 Å². The number of phosphoric acid groups is 1. The zero-order valence-corrected chi connectivity index (χ0v) is 17.8. The summed E-state index contributed by atoms with van der Waals surface area (Å²) < 4.78 is 15.1. The molecule has 0 fully saturated rings. The molecule has 0 aliphatic heterocycles. The molecule has 0 saturated heterocycles. The lowest BCUT2D eigenvalue weighted by atomic mass is 9.87. The highest BCUT2D eigenvalue weighted by Gasteiger charge is 2.35. The standard InChI is InChI=1S/C16H26N3O8PS/c1-16(2,10-27-28(24,25)26)13(21)14(22)19-7-5-12(20)18-8-9-29-15(23)11-4-3-6-17-11/h3-4,6,13,17,21H,5,7-10H2,1-2H3,(H,18,20)(H,19,22)(H2,24,25,26)/t13-/m0/s1. The van der Waals surface area contributed by atoms with Crippen LogP contribution in [0.15, 0.2) is 18.3 Å². The molecule has 0 saturated carbocycles. The lowest BCUT2D eigenvalue weighted by Crippen LogP contribution is -2.46. The molecule has 0 radical (unpaired) electrons. The van der Waals surface area contributed by atoms with Gasteiger partial charge in [-0.15, -0.1) is 0 Å². The molecule has 2 amide bonds. The summed E-state index contributed by atoms with van der Waals surface area (Å²) in [6, 6.07) is 3.37. The maximum absolute atomic E-state index is 12.0. The summed E-state index contributed by atoms with van der Waals surface area (Å²) in [5.41, 5.74) is -0.771. The summed E-state index contributed by atoms with van der Waals surface area (Å²) in [5.74, 6) is -0.733. The number of carbonyl (C=O) groups excluding carboxylic acids is 3. The molecule has 0 bridgehead atoms. The summed E-state index contributed by atoms with van der Waals surface area (Å²) in [7, 11) is -4.72. The number of rotatable bonds is 12. The molecule has 0 aromatic carbocycles. The Morgan fingerprint density at radius 1 is 1.28 bits per heavy atom. The predicted molar refractivity (Wildman–Crippen MR) is 106 cm³/mol. The molecule has 13 heteroatoms. The lowest BCUT2D eigenvalue weighted by Gasteiger charge is -2.29. The second-order valence-corrected chi connectivity index (χ2v) is 9.07. The minimum absolute atomic E-state index is 0.0346. The molecule has 0 unspecified atom stereocenters. The van der Waals surface area contributed by atoms with Gasteiger partial charge in [0, 0.05) is 36.9 Å². The second-order valence-electron chi connectivity index (χ2n) is 6.77. The van der Waals surface area contributed by atoms with E-state index in [9.17, 15) is 24.1 Å². The van der Waals surface area contributed by atoms with Gasteiger partial charge in [0.15, 0.2) is 0 Å². The zero-order chi connectivity index (χ0) is 22.1. The number of thioether (sulfide) groups is 1. The Bertz CT molecular complexity index is 735. The van der Waals surface area contributed by atoms with Gasteiger partial charge in [-0.25, -0.2) is 4.57 Å². The van der Waals surface area contributed by atoms with Crippen LogP contribution >= 0.6 is 19.6 Å². The van der Waals surface area contributed by atoms with Crippen LogP contribution in [0.25, 0.3) is 0 Å². The first kappa shape index (κ1) is 25.3. The minimum Gasteiger partial charge on any atom is -0.383 e. The lowest BCUT2D eigenvalue weighted by molar-refractivity contribution is -0.137. The average Bonchev–Trinajstić information content (AvgIpc) is 3.17. The summed E-state index contributed by atoms with van der Waals surface area (Å²) in [6.07, 6.45) is 0.0206. The molecule has 164 valence electrons. The molecule has 1 rings (SSSR count). The molecular weight excluding hydrogens is 425 g/mol. The first-order chi connectivity index (χ1) is 13.4. The van der Waals surface area contributed by atoms with Crippen molar-refractivity contribution in [3.05, 3.63) is 24.0 Å². The van der Waals surface area contributed by atoms with Crippen molar-refractivity contribution in [1.29, 1.82) is 0 Å². The third-order valence-electron chi connectivity index (χ3n) is 3.72. The van der Waals surface area contributed by atoms with E-state index in [4.69, 9.17) is 9.79 Å². The molecule has 0 aliphatic rings. The van der Waals surface area contributed by atoms with Crippen LogP contribution in [-0.2, 0) is 18.7 Å². The van der Waals surface area contributed by atoms with Crippen molar-refractivity contribution in [3.63, 3.8) is 0 Å². The molecular formula is C16H26N3O8PS. The van der Waals surface area contributed by atoms with Crippen molar-refractivity contribution in [2.45, 2.75) is 26.4 Å². The average molecular weight is 451 g/mol. The number of hydrogen-bond donors (Lipinski definition) is 6. The van der Waals surface area contributed by atoms with Gasteiger partial charge in [-0.1, -0.05) is 25.6 Å². The van der Waals surface area contributed by atoms with Crippen LogP contribution in [0, 0.1) is 5.41 Å². The Balaban J connectivity index is 2.22. The Kier molecular flexibility index (Phi) is 10.0. The number of carbonyl (C=O) groups is 3. The first-order valence-corrected chi connectivity index (χ1v) is 11.2. The van der Waals surface area contributed by atoms with Gasteiger partial charge in [0.25, 0.3) is 0 Å². The van der Waals surface area contributed by atoms with Crippen molar-refractivity contribution in [3.8, 4) is 0 Å². The van der Waals surface area contributed by atoms with Gasteiger partial charge in [-0.2, -0.15) is 0 Å². The molecule has 1 atom stereocenters. The molecule has 1 aromatic rings. The van der Waals surface area contributed by atoms with E-state index in [1.807, 2.05) is 0 Å². The molecule has 11 nitrogen and oxygen atoms in total. The van der Waals surface area contributed by atoms with E-state index in [-0.39, 0.29) is 30.5 Å². The number of aromatic nitrogens is 1. The second kappa shape index (κ2) is 11.5. The van der Waals surface area contributed by atoms with Crippen molar-refractivity contribution in [2.75, 3.05) is 25.4 Å². The molecule has 1 heterocycles. The van der Waals surface area contributed by atoms with E-state index in [0.29, 0.717) is 11.4 Å². The maximum atomic E-state index is 12.0. The normalized spacial score (nSPS) is 13.0. The number of amides is 2. The summed E-state index contributed by atoms with van der Waals surface area (Å²) >= 11 is 1.06. The van der Waals surface area contributed by atoms with Crippen LogP contribution in [0.5, 0.6) is 0 Å². The van der Waals surface area contributed by atoms with Crippen molar-refractivity contribution in [2.24, 2.45) is 5.41 Å². The predicted octanol–water partition coefficient (Wildman–Crippen LogP) is 0.00700. The van der Waals surface area contributed by atoms with Gasteiger partial charge in [0.05, 0.1) is 12.3 Å². The third kappa shape index (κ3) is 10.1. The van der Waals surface area contributed by atoms with Crippen molar-refractivity contribution < 1.29 is 38.4 Å². The number of phosphoric ester groups is 1. The van der Waals surface area contributed by atoms with Gasteiger partial charge in [-0.3, -0.25) is 18.9 Å². The highest BCUT2D eigenvalue weighted by atomic mass is 32.2. The van der Waals surface area contributed by atoms with E-state index in [1.54, 1.807) is 18.3 Å². The number of nitrogens with one attached hydrogen (secondary N) is 3. The van der Waals surface area contributed by atoms with Gasteiger partial charge >= 0.3 is 7.82 Å². The number of aliphatic hydroxyl groups is 1. The number of aliphatic hydroxyl groups excluding tert-OH is 1. The summed E-state index contributed by atoms with van der Waals surface area (Å²) in [4.78, 5) is 55.7. The number of H-pyrrole nitrogens is 1. The summed E-state index contributed by atoms with van der Waals surface area (Å²) in [5, 5.41) is 14.9. The number of hydrogen-bond acceptors (Lipinski definition) is 7. The van der Waals surface area contributed by atoms with E-state index < -0.39 is 31.9 Å². The first-order valence-electron chi connectivity index (χ1n) is 8.65. The van der Waals surface area contributed by atoms with Gasteiger partial charge in [-0.05, 0) is 12.1 Å². The topological polar surface area (TPSA) is 178 Å². The van der Waals surface area contributed by atoms with Crippen LogP contribution in [0.2, 0.25) is 0 Å². The quantitative estimate of drug-likeness (QED) is 0.189. The molecule has 6 N–H and O–H groups in total. The zero-order valence-electron chi connectivity index (χ0n) is 16.1. The summed E-state index contributed by atoms with van der Waals surface area (Å²) in [6.45, 7) is 2.52. The highest BCUT2D eigenvalue weighted by molar-refractivity contribution is 8.14. The van der Waals surface area contributed by atoms with E-state index >= 15 is 0 Å². The molecule has 1 aromatic heterocycles. The fourth-order valence-corrected chi connectivity index (χ4v) is 3.21. The van der Waals surface area contributed by atoms with Gasteiger partial charge in [0.2, 0.25) is 16.9 Å². The fraction of sp³-hybridized carbons (Fsp3) is 0.562. The van der Waals surface area contributed by atoms with E-state index in [0.717, 1.165) is 11.8 Å². The van der Waals surface area contributed by atoms with Crippen molar-refractivity contribution >= 4 is 36.5 Å². The van der Waals surface area contributed by atoms with E-state index in [2.05, 4.69) is 20.1 Å². The van der Waals surface area contributed by atoms with Gasteiger partial charge in [0.1, 0.15) is 6.10 Å². The Labute approximate surface area is 172 Å². The Hall–Kier alpha value is -1.69. The van der Waals surface area contributed by atoms with Gasteiger partial charge < -0.3 is 30.5 Å². The Morgan fingerprint density at radius 2 is 1.97 bits per heavy atom. The van der Waals surface area contributed by atoms with Crippen LogP contribution < -0.4 is 10.6 Å². The third-order valence-corrected chi connectivity index (χ3v) is 5.08. The van der Waals surface area contributed by atoms with Crippen LogP contribution in [0.4, 0.5) is 0 Å². The fourth-order valence-electron chi connectivity index (χ4n) is 2.04.